The van der Waals surface area contributed by atoms with E-state index in [1.54, 1.807) is 0 Å². The molecule has 1 fully saturated rings. The van der Waals surface area contributed by atoms with Crippen molar-refractivity contribution in [3.05, 3.63) is 33.8 Å². The van der Waals surface area contributed by atoms with Crippen molar-refractivity contribution in [1.82, 2.24) is 4.90 Å². The zero-order chi connectivity index (χ0) is 13.3. The third kappa shape index (κ3) is 2.71. The standard InChI is InChI=1S/C13H14BrF2NO/c1-8-2-4-17(5-3-8)13(18)12-10(15)6-9(14)7-11(12)16/h6-8H,2-5H2,1H3. The first-order chi connectivity index (χ1) is 8.49. The summed E-state index contributed by atoms with van der Waals surface area (Å²) in [6.45, 7) is 3.24. The summed E-state index contributed by atoms with van der Waals surface area (Å²) >= 11 is 3.00. The Bertz CT molecular complexity index is 447. The average molecular weight is 318 g/mol. The molecule has 0 bridgehead atoms. The smallest absolute Gasteiger partial charge is 0.259 e. The maximum Gasteiger partial charge on any atom is 0.259 e. The van der Waals surface area contributed by atoms with Crippen molar-refractivity contribution in [2.75, 3.05) is 13.1 Å². The molecule has 18 heavy (non-hydrogen) atoms. The van der Waals surface area contributed by atoms with Crippen molar-refractivity contribution >= 4 is 21.8 Å². The van der Waals surface area contributed by atoms with E-state index in [-0.39, 0.29) is 0 Å². The van der Waals surface area contributed by atoms with Crippen LogP contribution < -0.4 is 0 Å². The second-order valence-corrected chi connectivity index (χ2v) is 5.63. The van der Waals surface area contributed by atoms with Crippen LogP contribution in [-0.2, 0) is 0 Å². The van der Waals surface area contributed by atoms with Crippen LogP contribution in [0.25, 0.3) is 0 Å². The van der Waals surface area contributed by atoms with E-state index in [4.69, 9.17) is 0 Å². The van der Waals surface area contributed by atoms with E-state index in [1.807, 2.05) is 0 Å². The largest absolute Gasteiger partial charge is 0.338 e. The highest BCUT2D eigenvalue weighted by atomic mass is 79.9. The predicted octanol–water partition coefficient (Wildman–Crippen LogP) is 3.60. The Labute approximate surface area is 113 Å². The molecule has 0 atom stereocenters. The van der Waals surface area contributed by atoms with Gasteiger partial charge in [0.1, 0.15) is 17.2 Å². The molecule has 1 heterocycles. The van der Waals surface area contributed by atoms with Crippen LogP contribution >= 0.6 is 15.9 Å². The first-order valence-corrected chi connectivity index (χ1v) is 6.72. The van der Waals surface area contributed by atoms with Crippen molar-refractivity contribution in [3.8, 4) is 0 Å². The Morgan fingerprint density at radius 2 is 1.78 bits per heavy atom. The third-order valence-electron chi connectivity index (χ3n) is 3.29. The fourth-order valence-corrected chi connectivity index (χ4v) is 2.52. The summed E-state index contributed by atoms with van der Waals surface area (Å²) in [5.41, 5.74) is -0.451. The van der Waals surface area contributed by atoms with Gasteiger partial charge in [0.15, 0.2) is 0 Å². The van der Waals surface area contributed by atoms with Crippen LogP contribution in [0.1, 0.15) is 30.1 Å². The molecule has 1 amide bonds. The molecule has 1 aliphatic heterocycles. The Hall–Kier alpha value is -0.970. The van der Waals surface area contributed by atoms with Gasteiger partial charge in [-0.25, -0.2) is 8.78 Å². The lowest BCUT2D eigenvalue weighted by Gasteiger charge is -2.30. The Kier molecular flexibility index (Phi) is 4.00. The molecule has 0 spiro atoms. The fraction of sp³-hybridized carbons (Fsp3) is 0.462. The third-order valence-corrected chi connectivity index (χ3v) is 3.75. The number of rotatable bonds is 1. The zero-order valence-electron chi connectivity index (χ0n) is 10.0. The summed E-state index contributed by atoms with van der Waals surface area (Å²) in [6, 6.07) is 2.23. The second-order valence-electron chi connectivity index (χ2n) is 4.72. The van der Waals surface area contributed by atoms with Gasteiger partial charge in [-0.1, -0.05) is 22.9 Å². The van der Waals surface area contributed by atoms with E-state index in [1.165, 1.54) is 4.90 Å². The van der Waals surface area contributed by atoms with Crippen LogP contribution in [-0.4, -0.2) is 23.9 Å². The van der Waals surface area contributed by atoms with E-state index in [0.717, 1.165) is 25.0 Å². The van der Waals surface area contributed by atoms with Gasteiger partial charge in [0.25, 0.3) is 5.91 Å². The molecular weight excluding hydrogens is 304 g/mol. The number of hydrogen-bond donors (Lipinski definition) is 0. The molecular formula is C13H14BrF2NO. The van der Waals surface area contributed by atoms with Crippen molar-refractivity contribution < 1.29 is 13.6 Å². The van der Waals surface area contributed by atoms with Gasteiger partial charge in [0, 0.05) is 17.6 Å². The first kappa shape index (κ1) is 13.5. The summed E-state index contributed by atoms with van der Waals surface area (Å²) in [7, 11) is 0. The Morgan fingerprint density at radius 1 is 1.28 bits per heavy atom. The molecule has 0 saturated carbocycles. The van der Waals surface area contributed by atoms with Crippen LogP contribution in [0.4, 0.5) is 8.78 Å². The molecule has 98 valence electrons. The maximum atomic E-state index is 13.7. The molecule has 0 aliphatic carbocycles. The van der Waals surface area contributed by atoms with Gasteiger partial charge in [-0.3, -0.25) is 4.79 Å². The number of nitrogens with zero attached hydrogens (tertiary/aromatic N) is 1. The topological polar surface area (TPSA) is 20.3 Å². The number of carbonyl (C=O) groups excluding carboxylic acids is 1. The second kappa shape index (κ2) is 5.34. The lowest BCUT2D eigenvalue weighted by atomic mass is 9.98. The normalized spacial score (nSPS) is 17.0. The minimum atomic E-state index is -0.814. The fourth-order valence-electron chi connectivity index (χ4n) is 2.12. The van der Waals surface area contributed by atoms with E-state index < -0.39 is 23.1 Å². The van der Waals surface area contributed by atoms with Crippen molar-refractivity contribution in [2.45, 2.75) is 19.8 Å². The molecule has 1 aromatic rings. The van der Waals surface area contributed by atoms with Crippen molar-refractivity contribution in [2.24, 2.45) is 5.92 Å². The number of hydrogen-bond acceptors (Lipinski definition) is 1. The maximum absolute atomic E-state index is 13.7. The summed E-state index contributed by atoms with van der Waals surface area (Å²) in [6.07, 6.45) is 1.76. The Morgan fingerprint density at radius 3 is 2.28 bits per heavy atom. The van der Waals surface area contributed by atoms with Gasteiger partial charge in [0.05, 0.1) is 0 Å². The van der Waals surface area contributed by atoms with E-state index >= 15 is 0 Å². The van der Waals surface area contributed by atoms with Gasteiger partial charge in [-0.2, -0.15) is 0 Å². The lowest BCUT2D eigenvalue weighted by Crippen LogP contribution is -2.38. The lowest BCUT2D eigenvalue weighted by molar-refractivity contribution is 0.0687. The highest BCUT2D eigenvalue weighted by Crippen LogP contribution is 2.23. The van der Waals surface area contributed by atoms with Gasteiger partial charge < -0.3 is 4.90 Å². The van der Waals surface area contributed by atoms with Gasteiger partial charge in [0.2, 0.25) is 0 Å². The average Bonchev–Trinajstić information content (AvgIpc) is 2.28. The molecule has 2 nitrogen and oxygen atoms in total. The predicted molar refractivity (Wildman–Crippen MR) is 68.4 cm³/mol. The molecule has 1 saturated heterocycles. The molecule has 0 N–H and O–H groups in total. The quantitative estimate of drug-likeness (QED) is 0.775. The SMILES string of the molecule is CC1CCN(C(=O)c2c(F)cc(Br)cc2F)CC1. The molecule has 0 radical (unpaired) electrons. The van der Waals surface area contributed by atoms with E-state index in [9.17, 15) is 13.6 Å². The number of halogens is 3. The van der Waals surface area contributed by atoms with E-state index in [2.05, 4.69) is 22.9 Å². The van der Waals surface area contributed by atoms with Crippen LogP contribution in [0.15, 0.2) is 16.6 Å². The molecule has 0 unspecified atom stereocenters. The summed E-state index contributed by atoms with van der Waals surface area (Å²) < 4.78 is 27.6. The number of amides is 1. The van der Waals surface area contributed by atoms with Crippen LogP contribution in [0.3, 0.4) is 0 Å². The minimum absolute atomic E-state index is 0.293. The van der Waals surface area contributed by atoms with Gasteiger partial charge >= 0.3 is 0 Å². The van der Waals surface area contributed by atoms with Crippen LogP contribution in [0.2, 0.25) is 0 Å². The minimum Gasteiger partial charge on any atom is -0.338 e. The summed E-state index contributed by atoms with van der Waals surface area (Å²) in [5.74, 6) is -1.62. The van der Waals surface area contributed by atoms with Crippen molar-refractivity contribution in [1.29, 1.82) is 0 Å². The first-order valence-electron chi connectivity index (χ1n) is 5.93. The van der Waals surface area contributed by atoms with Crippen molar-refractivity contribution in [3.63, 3.8) is 0 Å². The summed E-state index contributed by atoms with van der Waals surface area (Å²) in [4.78, 5) is 13.6. The number of likely N-dealkylation sites (tertiary alicyclic amines) is 1. The number of piperidine rings is 1. The number of benzene rings is 1. The van der Waals surface area contributed by atoms with Crippen LogP contribution in [0, 0.1) is 17.6 Å². The highest BCUT2D eigenvalue weighted by molar-refractivity contribution is 9.10. The monoisotopic (exact) mass is 317 g/mol. The van der Waals surface area contributed by atoms with E-state index in [0.29, 0.717) is 23.5 Å². The summed E-state index contributed by atoms with van der Waals surface area (Å²) in [5, 5.41) is 0. The molecule has 1 aliphatic rings. The molecule has 0 aromatic heterocycles. The molecule has 5 heteroatoms. The van der Waals surface area contributed by atoms with Gasteiger partial charge in [-0.05, 0) is 30.9 Å². The molecule has 2 rings (SSSR count). The highest BCUT2D eigenvalue weighted by Gasteiger charge is 2.26. The van der Waals surface area contributed by atoms with Crippen LogP contribution in [0.5, 0.6) is 0 Å². The number of carbonyl (C=O) groups is 1. The zero-order valence-corrected chi connectivity index (χ0v) is 11.6. The van der Waals surface area contributed by atoms with Gasteiger partial charge in [-0.15, -0.1) is 0 Å². The Balaban J connectivity index is 2.24. The molecule has 1 aromatic carbocycles.